The molecule has 0 saturated carbocycles. The van der Waals surface area contributed by atoms with Gasteiger partial charge in [0.25, 0.3) is 0 Å². The summed E-state index contributed by atoms with van der Waals surface area (Å²) in [5.41, 5.74) is 2.55. The van der Waals surface area contributed by atoms with Crippen LogP contribution in [0.4, 0.5) is 16.2 Å². The Labute approximate surface area is 164 Å². The number of aromatic nitrogens is 2. The van der Waals surface area contributed by atoms with Crippen LogP contribution in [0.2, 0.25) is 0 Å². The highest BCUT2D eigenvalue weighted by Crippen LogP contribution is 2.22. The number of aliphatic hydroxyl groups is 1. The average molecular weight is 380 g/mol. The molecule has 0 aliphatic rings. The maximum absolute atomic E-state index is 13.4. The molecule has 6 heteroatoms. The summed E-state index contributed by atoms with van der Waals surface area (Å²) in [6.45, 7) is 4.48. The molecule has 3 aromatic rings. The van der Waals surface area contributed by atoms with Crippen molar-refractivity contribution in [2.45, 2.75) is 26.4 Å². The third kappa shape index (κ3) is 5.27. The van der Waals surface area contributed by atoms with E-state index in [9.17, 15) is 9.50 Å². The molecule has 1 aromatic heterocycles. The van der Waals surface area contributed by atoms with Gasteiger partial charge < -0.3 is 15.7 Å². The number of aliphatic hydroxyl groups excluding tert-OH is 1. The van der Waals surface area contributed by atoms with E-state index in [2.05, 4.69) is 20.6 Å². The summed E-state index contributed by atoms with van der Waals surface area (Å²) in [5.74, 6) is 1.02. The van der Waals surface area contributed by atoms with Crippen LogP contribution in [0.3, 0.4) is 0 Å². The predicted molar refractivity (Wildman–Crippen MR) is 111 cm³/mol. The number of nitrogens with zero attached hydrogens (tertiary/aromatic N) is 2. The zero-order valence-corrected chi connectivity index (χ0v) is 16.1. The van der Waals surface area contributed by atoms with Gasteiger partial charge in [-0.1, -0.05) is 56.3 Å². The molecule has 0 amide bonds. The van der Waals surface area contributed by atoms with Crippen LogP contribution in [0.25, 0.3) is 11.3 Å². The van der Waals surface area contributed by atoms with Crippen molar-refractivity contribution in [2.75, 3.05) is 17.2 Å². The Morgan fingerprint density at radius 3 is 2.46 bits per heavy atom. The molecule has 5 nitrogen and oxygen atoms in total. The molecule has 0 fully saturated rings. The summed E-state index contributed by atoms with van der Waals surface area (Å²) in [5, 5.41) is 16.1. The molecule has 0 aliphatic heterocycles. The van der Waals surface area contributed by atoms with Gasteiger partial charge in [-0.3, -0.25) is 0 Å². The summed E-state index contributed by atoms with van der Waals surface area (Å²) in [6.07, 6.45) is 0. The van der Waals surface area contributed by atoms with Gasteiger partial charge in [-0.2, -0.15) is 4.98 Å². The Morgan fingerprint density at radius 2 is 1.79 bits per heavy atom. The Morgan fingerprint density at radius 1 is 1.00 bits per heavy atom. The monoisotopic (exact) mass is 380 g/mol. The van der Waals surface area contributed by atoms with Crippen molar-refractivity contribution in [2.24, 2.45) is 5.92 Å². The van der Waals surface area contributed by atoms with Crippen molar-refractivity contribution >= 4 is 11.8 Å². The molecule has 0 spiro atoms. The molecule has 146 valence electrons. The van der Waals surface area contributed by atoms with Crippen molar-refractivity contribution < 1.29 is 9.50 Å². The van der Waals surface area contributed by atoms with E-state index in [0.717, 1.165) is 16.8 Å². The molecule has 0 unspecified atom stereocenters. The molecule has 0 aliphatic carbocycles. The lowest BCUT2D eigenvalue weighted by Crippen LogP contribution is -2.30. The fraction of sp³-hybridized carbons (Fsp3) is 0.273. The summed E-state index contributed by atoms with van der Waals surface area (Å²) in [4.78, 5) is 9.14. The third-order valence-corrected chi connectivity index (χ3v) is 4.47. The topological polar surface area (TPSA) is 70.1 Å². The van der Waals surface area contributed by atoms with Crippen molar-refractivity contribution in [1.82, 2.24) is 9.97 Å². The van der Waals surface area contributed by atoms with Crippen LogP contribution < -0.4 is 10.6 Å². The minimum atomic E-state index is -0.267. The zero-order valence-electron chi connectivity index (χ0n) is 16.1. The maximum atomic E-state index is 13.4. The fourth-order valence-electron chi connectivity index (χ4n) is 2.79. The SMILES string of the molecule is CC(C)[C@@H](CO)Nc1nc(NCc2cccc(F)c2)cc(-c2ccccc2)n1. The van der Waals surface area contributed by atoms with E-state index >= 15 is 0 Å². The standard InChI is InChI=1S/C22H25FN4O/c1-15(2)20(14-28)26-22-25-19(17-8-4-3-5-9-17)12-21(27-22)24-13-16-7-6-10-18(23)11-16/h3-12,15,20,28H,13-14H2,1-2H3,(H2,24,25,26,27)/t20-/m1/s1. The van der Waals surface area contributed by atoms with Crippen LogP contribution in [-0.4, -0.2) is 27.7 Å². The molecule has 3 N–H and O–H groups in total. The molecule has 28 heavy (non-hydrogen) atoms. The second-order valence-corrected chi connectivity index (χ2v) is 6.99. The molecule has 0 bridgehead atoms. The number of hydrogen-bond donors (Lipinski definition) is 3. The molecule has 0 radical (unpaired) electrons. The van der Waals surface area contributed by atoms with Crippen molar-refractivity contribution in [1.29, 1.82) is 0 Å². The first-order chi connectivity index (χ1) is 13.5. The first-order valence-corrected chi connectivity index (χ1v) is 9.35. The summed E-state index contributed by atoms with van der Waals surface area (Å²) >= 11 is 0. The molecule has 1 heterocycles. The van der Waals surface area contributed by atoms with Gasteiger partial charge in [-0.05, 0) is 23.6 Å². The Hall–Kier alpha value is -2.99. The summed E-state index contributed by atoms with van der Waals surface area (Å²) in [7, 11) is 0. The molecular formula is C22H25FN4O. The van der Waals surface area contributed by atoms with E-state index in [-0.39, 0.29) is 24.4 Å². The zero-order chi connectivity index (χ0) is 19.9. The number of benzene rings is 2. The highest BCUT2D eigenvalue weighted by Gasteiger charge is 2.15. The van der Waals surface area contributed by atoms with Gasteiger partial charge in [0.15, 0.2) is 0 Å². The summed E-state index contributed by atoms with van der Waals surface area (Å²) in [6, 6.07) is 18.0. The van der Waals surface area contributed by atoms with Gasteiger partial charge in [0.1, 0.15) is 11.6 Å². The van der Waals surface area contributed by atoms with Crippen LogP contribution in [-0.2, 0) is 6.54 Å². The van der Waals surface area contributed by atoms with E-state index in [1.165, 1.54) is 12.1 Å². The van der Waals surface area contributed by atoms with Crippen molar-refractivity contribution in [3.63, 3.8) is 0 Å². The van der Waals surface area contributed by atoms with E-state index in [1.54, 1.807) is 6.07 Å². The maximum Gasteiger partial charge on any atom is 0.225 e. The van der Waals surface area contributed by atoms with Crippen LogP contribution >= 0.6 is 0 Å². The minimum absolute atomic E-state index is 0.0113. The molecular weight excluding hydrogens is 355 g/mol. The van der Waals surface area contributed by atoms with E-state index in [1.807, 2.05) is 56.3 Å². The average Bonchev–Trinajstić information content (AvgIpc) is 2.71. The lowest BCUT2D eigenvalue weighted by molar-refractivity contribution is 0.248. The highest BCUT2D eigenvalue weighted by atomic mass is 19.1. The van der Waals surface area contributed by atoms with Gasteiger partial charge in [-0.25, -0.2) is 9.37 Å². The van der Waals surface area contributed by atoms with Crippen LogP contribution in [0.15, 0.2) is 60.7 Å². The van der Waals surface area contributed by atoms with Gasteiger partial charge in [0.2, 0.25) is 5.95 Å². The van der Waals surface area contributed by atoms with E-state index in [4.69, 9.17) is 0 Å². The Balaban J connectivity index is 1.88. The molecule has 3 rings (SSSR count). The van der Waals surface area contributed by atoms with Crippen LogP contribution in [0.5, 0.6) is 0 Å². The van der Waals surface area contributed by atoms with Crippen molar-refractivity contribution in [3.05, 3.63) is 72.0 Å². The fourth-order valence-corrected chi connectivity index (χ4v) is 2.79. The molecule has 1 atom stereocenters. The van der Waals surface area contributed by atoms with Gasteiger partial charge in [0.05, 0.1) is 18.3 Å². The minimum Gasteiger partial charge on any atom is -0.394 e. The second-order valence-electron chi connectivity index (χ2n) is 6.99. The predicted octanol–water partition coefficient (Wildman–Crippen LogP) is 4.32. The number of halogens is 1. The largest absolute Gasteiger partial charge is 0.394 e. The number of nitrogens with one attached hydrogen (secondary N) is 2. The molecule has 0 saturated heterocycles. The Bertz CT molecular complexity index is 902. The molecule has 2 aromatic carbocycles. The lowest BCUT2D eigenvalue weighted by atomic mass is 10.1. The normalized spacial score (nSPS) is 12.0. The van der Waals surface area contributed by atoms with E-state index < -0.39 is 0 Å². The number of hydrogen-bond acceptors (Lipinski definition) is 5. The first kappa shape index (κ1) is 19.8. The lowest BCUT2D eigenvalue weighted by Gasteiger charge is -2.20. The second kappa shape index (κ2) is 9.28. The smallest absolute Gasteiger partial charge is 0.225 e. The summed E-state index contributed by atoms with van der Waals surface area (Å²) < 4.78 is 13.4. The van der Waals surface area contributed by atoms with E-state index in [0.29, 0.717) is 18.3 Å². The van der Waals surface area contributed by atoms with Gasteiger partial charge in [0, 0.05) is 18.2 Å². The third-order valence-electron chi connectivity index (χ3n) is 4.47. The Kier molecular flexibility index (Phi) is 6.55. The van der Waals surface area contributed by atoms with Gasteiger partial charge in [-0.15, -0.1) is 0 Å². The van der Waals surface area contributed by atoms with Crippen molar-refractivity contribution in [3.8, 4) is 11.3 Å². The van der Waals surface area contributed by atoms with Crippen LogP contribution in [0.1, 0.15) is 19.4 Å². The highest BCUT2D eigenvalue weighted by molar-refractivity contribution is 5.64. The first-order valence-electron chi connectivity index (χ1n) is 9.35. The van der Waals surface area contributed by atoms with Crippen LogP contribution in [0, 0.1) is 11.7 Å². The quantitative estimate of drug-likeness (QED) is 0.543. The number of rotatable bonds is 8. The van der Waals surface area contributed by atoms with Gasteiger partial charge >= 0.3 is 0 Å². The number of anilines is 2.